The Kier molecular flexibility index (Phi) is 5.70. The van der Waals surface area contributed by atoms with E-state index in [1.807, 2.05) is 52.0 Å². The van der Waals surface area contributed by atoms with Crippen molar-refractivity contribution in [3.63, 3.8) is 0 Å². The lowest BCUT2D eigenvalue weighted by molar-refractivity contribution is -0.144. The van der Waals surface area contributed by atoms with Gasteiger partial charge < -0.3 is 15.0 Å². The van der Waals surface area contributed by atoms with E-state index in [1.165, 1.54) is 36.1 Å². The number of nitrogens with one attached hydrogen (secondary N) is 1. The van der Waals surface area contributed by atoms with Gasteiger partial charge in [0.25, 0.3) is 11.8 Å². The third kappa shape index (κ3) is 3.30. The van der Waals surface area contributed by atoms with Gasteiger partial charge in [0.1, 0.15) is 11.5 Å². The van der Waals surface area contributed by atoms with Gasteiger partial charge >= 0.3 is 0 Å². The molecule has 0 unspecified atom stereocenters. The van der Waals surface area contributed by atoms with Crippen molar-refractivity contribution < 1.29 is 24.3 Å². The van der Waals surface area contributed by atoms with E-state index in [0.717, 1.165) is 5.56 Å². The molecule has 2 atom stereocenters. The molecule has 1 aromatic carbocycles. The van der Waals surface area contributed by atoms with Gasteiger partial charge in [-0.15, -0.1) is 6.58 Å². The minimum Gasteiger partial charge on any atom is -0.503 e. The molecule has 2 amide bonds. The quantitative estimate of drug-likeness (QED) is 0.415. The van der Waals surface area contributed by atoms with Crippen LogP contribution in [0.15, 0.2) is 67.0 Å². The number of hydroxylamine groups is 1. The van der Waals surface area contributed by atoms with Crippen LogP contribution in [-0.2, 0) is 30.2 Å². The topological polar surface area (TPSA) is 117 Å². The molecule has 0 bridgehead atoms. The van der Waals surface area contributed by atoms with Crippen molar-refractivity contribution in [1.29, 1.82) is 0 Å². The summed E-state index contributed by atoms with van der Waals surface area (Å²) in [6.07, 6.45) is 8.36. The van der Waals surface area contributed by atoms with Crippen LogP contribution in [0.2, 0.25) is 0 Å². The third-order valence-electron chi connectivity index (χ3n) is 8.23. The van der Waals surface area contributed by atoms with Gasteiger partial charge in [0.15, 0.2) is 5.76 Å². The number of para-hydroxylation sites is 1. The Morgan fingerprint density at radius 2 is 1.92 bits per heavy atom. The van der Waals surface area contributed by atoms with E-state index in [1.54, 1.807) is 23.2 Å². The Labute approximate surface area is 227 Å². The van der Waals surface area contributed by atoms with Gasteiger partial charge in [-0.05, 0) is 44.6 Å². The van der Waals surface area contributed by atoms with E-state index in [2.05, 4.69) is 16.9 Å². The van der Waals surface area contributed by atoms with E-state index < -0.39 is 39.7 Å². The van der Waals surface area contributed by atoms with Crippen LogP contribution in [0.5, 0.6) is 0 Å². The summed E-state index contributed by atoms with van der Waals surface area (Å²) < 4.78 is 1.80. The van der Waals surface area contributed by atoms with Crippen molar-refractivity contribution in [2.75, 3.05) is 12.2 Å². The first-order valence-electron chi connectivity index (χ1n) is 12.7. The lowest BCUT2D eigenvalue weighted by Gasteiger charge is -2.56. The van der Waals surface area contributed by atoms with Crippen molar-refractivity contribution in [3.8, 4) is 0 Å². The maximum Gasteiger partial charge on any atom is 0.296 e. The van der Waals surface area contributed by atoms with Crippen LogP contribution in [0, 0.1) is 5.41 Å². The molecule has 39 heavy (non-hydrogen) atoms. The number of aliphatic hydroxyl groups is 1. The van der Waals surface area contributed by atoms with Crippen LogP contribution < -0.4 is 10.4 Å². The highest BCUT2D eigenvalue weighted by molar-refractivity contribution is 6.10. The number of aliphatic hydroxyl groups excluding tert-OH is 1. The Balaban J connectivity index is 1.75. The number of benzene rings is 1. The van der Waals surface area contributed by atoms with E-state index in [4.69, 9.17) is 4.84 Å². The van der Waals surface area contributed by atoms with E-state index in [9.17, 15) is 19.5 Å². The molecule has 1 saturated heterocycles. The minimum atomic E-state index is -1.59. The normalized spacial score (nSPS) is 25.3. The predicted molar refractivity (Wildman–Crippen MR) is 145 cm³/mol. The number of amides is 2. The van der Waals surface area contributed by atoms with E-state index in [0.29, 0.717) is 17.8 Å². The summed E-state index contributed by atoms with van der Waals surface area (Å²) in [6, 6.07) is 7.44. The van der Waals surface area contributed by atoms with Crippen LogP contribution in [0.3, 0.4) is 0 Å². The number of anilines is 1. The molecule has 204 valence electrons. The molecule has 1 spiro atoms. The average Bonchev–Trinajstić information content (AvgIpc) is 3.52. The first-order valence-corrected chi connectivity index (χ1v) is 12.7. The van der Waals surface area contributed by atoms with Crippen molar-refractivity contribution >= 4 is 29.4 Å². The lowest BCUT2D eigenvalue weighted by Crippen LogP contribution is -2.76. The third-order valence-corrected chi connectivity index (χ3v) is 8.23. The second-order valence-corrected chi connectivity index (χ2v) is 11.5. The number of carbonyl (C=O) groups excluding carboxylic acids is 3. The highest BCUT2D eigenvalue weighted by Crippen LogP contribution is 2.64. The molecule has 1 aromatic heterocycles. The number of nitrogens with zero attached hydrogens (tertiary/aromatic N) is 4. The summed E-state index contributed by atoms with van der Waals surface area (Å²) in [5.41, 5.74) is -0.755. The fourth-order valence-electron chi connectivity index (χ4n) is 6.38. The maximum atomic E-state index is 13.8. The Morgan fingerprint density at radius 1 is 1.23 bits per heavy atom. The number of Topliss-reactive ketones (excluding diaryl/α,β-unsaturated/α-hetero) is 1. The molecular formula is C29H33N5O5. The zero-order chi connectivity index (χ0) is 28.5. The van der Waals surface area contributed by atoms with Crippen LogP contribution in [-0.4, -0.2) is 50.1 Å². The molecule has 10 nitrogen and oxygen atoms in total. The first-order chi connectivity index (χ1) is 18.3. The zero-order valence-electron chi connectivity index (χ0n) is 23.0. The summed E-state index contributed by atoms with van der Waals surface area (Å²) in [5, 5.41) is 15.7. The smallest absolute Gasteiger partial charge is 0.296 e. The standard InChI is InChI=1S/C29H33N5O5/c1-8-26(3,4)28-15-23(36)25(38)33-22(13-19-16-32(17-30-19)27(5,6)14-18(2)35)24(37)31-29(28,33)34(39-7)21-12-10-9-11-20(21)28/h8-13,15-17,36H,1,14H2,2-7H3,(H,31,37)/b22-13+/t28-,29-/m0/s1. The number of imidazole rings is 1. The summed E-state index contributed by atoms with van der Waals surface area (Å²) in [7, 11) is 1.47. The van der Waals surface area contributed by atoms with Gasteiger partial charge in [0.2, 0.25) is 5.79 Å². The molecule has 0 radical (unpaired) electrons. The molecule has 3 aliphatic rings. The number of hydrogen-bond acceptors (Lipinski definition) is 7. The first kappa shape index (κ1) is 26.4. The van der Waals surface area contributed by atoms with Crippen molar-refractivity contribution in [3.05, 3.63) is 78.2 Å². The van der Waals surface area contributed by atoms with Crippen LogP contribution in [0.4, 0.5) is 5.69 Å². The summed E-state index contributed by atoms with van der Waals surface area (Å²) >= 11 is 0. The Hall–Kier alpha value is -4.18. The molecule has 3 aliphatic heterocycles. The second kappa shape index (κ2) is 8.41. The molecule has 4 heterocycles. The Morgan fingerprint density at radius 3 is 2.56 bits per heavy atom. The predicted octanol–water partition coefficient (Wildman–Crippen LogP) is 3.54. The number of ketones is 1. The maximum absolute atomic E-state index is 13.8. The van der Waals surface area contributed by atoms with Crippen molar-refractivity contribution in [2.45, 2.75) is 57.8 Å². The van der Waals surface area contributed by atoms with E-state index >= 15 is 0 Å². The summed E-state index contributed by atoms with van der Waals surface area (Å²) in [5.74, 6) is -3.35. The van der Waals surface area contributed by atoms with Gasteiger partial charge in [-0.25, -0.2) is 10.0 Å². The molecule has 5 rings (SSSR count). The summed E-state index contributed by atoms with van der Waals surface area (Å²) in [6.45, 7) is 13.3. The summed E-state index contributed by atoms with van der Waals surface area (Å²) in [4.78, 5) is 50.9. The second-order valence-electron chi connectivity index (χ2n) is 11.5. The number of rotatable bonds is 7. The zero-order valence-corrected chi connectivity index (χ0v) is 23.0. The SMILES string of the molecule is C=CC(C)(C)[C@@]12C=C(O)C(=O)N3/C(=C/c4cn(C(C)(C)CC(C)=O)cn4)C(=O)N[C@]31N(OC)c1ccccc12. The molecule has 10 heteroatoms. The number of allylic oxidation sites excluding steroid dienone is 1. The molecule has 0 aliphatic carbocycles. The van der Waals surface area contributed by atoms with Crippen LogP contribution in [0.25, 0.3) is 6.08 Å². The average molecular weight is 532 g/mol. The van der Waals surface area contributed by atoms with Crippen LogP contribution in [0.1, 0.15) is 52.3 Å². The Bertz CT molecular complexity index is 1480. The van der Waals surface area contributed by atoms with Crippen molar-refractivity contribution in [2.24, 2.45) is 5.41 Å². The largest absolute Gasteiger partial charge is 0.503 e. The fraction of sp³-hybridized carbons (Fsp3) is 0.379. The monoisotopic (exact) mass is 531 g/mol. The van der Waals surface area contributed by atoms with Gasteiger partial charge in [0, 0.05) is 23.6 Å². The number of carbonyl (C=O) groups is 3. The number of fused-ring (bicyclic) bond motifs is 2. The fourth-order valence-corrected chi connectivity index (χ4v) is 6.38. The highest BCUT2D eigenvalue weighted by Gasteiger charge is 2.77. The number of aromatic nitrogens is 2. The molecule has 1 fully saturated rings. The molecule has 2 N–H and O–H groups in total. The van der Waals surface area contributed by atoms with Gasteiger partial charge in [-0.1, -0.05) is 38.1 Å². The lowest BCUT2D eigenvalue weighted by atomic mass is 9.57. The minimum absolute atomic E-state index is 0.00614. The number of hydrogen-bond donors (Lipinski definition) is 2. The van der Waals surface area contributed by atoms with Gasteiger partial charge in [-0.3, -0.25) is 24.1 Å². The van der Waals surface area contributed by atoms with E-state index in [-0.39, 0.29) is 11.5 Å². The highest BCUT2D eigenvalue weighted by atomic mass is 16.7. The van der Waals surface area contributed by atoms with Gasteiger partial charge in [0.05, 0.1) is 30.2 Å². The van der Waals surface area contributed by atoms with Crippen molar-refractivity contribution in [1.82, 2.24) is 19.8 Å². The molecular weight excluding hydrogens is 498 g/mol. The van der Waals surface area contributed by atoms with Crippen LogP contribution >= 0.6 is 0 Å². The molecule has 2 aromatic rings. The molecule has 0 saturated carbocycles. The van der Waals surface area contributed by atoms with Gasteiger partial charge in [-0.2, -0.15) is 0 Å².